The molecule has 2 N–H and O–H groups in total. The molecule has 2 aromatic carbocycles. The topological polar surface area (TPSA) is 122 Å². The van der Waals surface area contributed by atoms with Crippen LogP contribution < -0.4 is 10.6 Å². The lowest BCUT2D eigenvalue weighted by atomic mass is 10.1. The normalized spacial score (nSPS) is 12.7. The zero-order valence-corrected chi connectivity index (χ0v) is 16.3. The van der Waals surface area contributed by atoms with Crippen molar-refractivity contribution in [3.63, 3.8) is 0 Å². The van der Waals surface area contributed by atoms with Crippen LogP contribution in [0.5, 0.6) is 0 Å². The summed E-state index contributed by atoms with van der Waals surface area (Å²) in [7, 11) is 0. The zero-order valence-electron chi connectivity index (χ0n) is 14.8. The number of nitrogens with one attached hydrogen (secondary N) is 2. The fourth-order valence-electron chi connectivity index (χ4n) is 2.80. The summed E-state index contributed by atoms with van der Waals surface area (Å²) >= 11 is 11.9. The third-order valence-corrected chi connectivity index (χ3v) is 5.03. The molecule has 4 amide bonds. The van der Waals surface area contributed by atoms with Crippen LogP contribution in [-0.2, 0) is 0 Å². The number of nitro benzene ring substituents is 1. The fourth-order valence-corrected chi connectivity index (χ4v) is 3.15. The van der Waals surface area contributed by atoms with Gasteiger partial charge >= 0.3 is 6.03 Å². The predicted octanol–water partition coefficient (Wildman–Crippen LogP) is 3.71. The Kier molecular flexibility index (Phi) is 6.00. The van der Waals surface area contributed by atoms with Gasteiger partial charge in [0.15, 0.2) is 0 Å². The van der Waals surface area contributed by atoms with Crippen molar-refractivity contribution in [1.29, 1.82) is 0 Å². The van der Waals surface area contributed by atoms with Crippen LogP contribution in [0.2, 0.25) is 10.0 Å². The van der Waals surface area contributed by atoms with Gasteiger partial charge in [-0.25, -0.2) is 4.79 Å². The first-order valence-corrected chi connectivity index (χ1v) is 9.18. The molecule has 2 aromatic rings. The molecule has 0 atom stereocenters. The van der Waals surface area contributed by atoms with Crippen LogP contribution in [0.15, 0.2) is 36.4 Å². The molecule has 150 valence electrons. The van der Waals surface area contributed by atoms with Crippen molar-refractivity contribution in [2.24, 2.45) is 0 Å². The van der Waals surface area contributed by atoms with Crippen molar-refractivity contribution < 1.29 is 19.3 Å². The first-order chi connectivity index (χ1) is 13.8. The van der Waals surface area contributed by atoms with Crippen molar-refractivity contribution >= 4 is 52.4 Å². The number of fused-ring (bicyclic) bond motifs is 1. The van der Waals surface area contributed by atoms with Gasteiger partial charge in [-0.05, 0) is 24.6 Å². The van der Waals surface area contributed by atoms with Crippen LogP contribution in [0.25, 0.3) is 0 Å². The summed E-state index contributed by atoms with van der Waals surface area (Å²) in [5, 5.41) is 16.5. The SMILES string of the molecule is O=C(NCCCN1C(=O)c2ccc([N+](=O)[O-])cc2C1=O)Nc1cccc(Cl)c1Cl. The van der Waals surface area contributed by atoms with Gasteiger partial charge in [-0.3, -0.25) is 24.6 Å². The van der Waals surface area contributed by atoms with E-state index < -0.39 is 22.8 Å². The van der Waals surface area contributed by atoms with Crippen LogP contribution in [0.1, 0.15) is 27.1 Å². The number of carbonyl (C=O) groups is 3. The van der Waals surface area contributed by atoms with E-state index in [-0.39, 0.29) is 34.9 Å². The first-order valence-electron chi connectivity index (χ1n) is 8.43. The molecule has 0 radical (unpaired) electrons. The number of non-ortho nitro benzene ring substituents is 1. The Bertz CT molecular complexity index is 1030. The third-order valence-electron chi connectivity index (χ3n) is 4.21. The summed E-state index contributed by atoms with van der Waals surface area (Å²) < 4.78 is 0. The van der Waals surface area contributed by atoms with Gasteiger partial charge in [0.2, 0.25) is 0 Å². The standard InChI is InChI=1S/C18H14Cl2N4O5/c19-13-3-1-4-14(15(13)20)22-18(27)21-7-2-8-23-16(25)11-6-5-10(24(28)29)9-12(11)17(23)26/h1,3-6,9H,2,7-8H2,(H2,21,22,27). The second-order valence-electron chi connectivity index (χ2n) is 6.08. The molecule has 1 heterocycles. The van der Waals surface area contributed by atoms with E-state index in [4.69, 9.17) is 23.2 Å². The van der Waals surface area contributed by atoms with E-state index in [1.54, 1.807) is 18.2 Å². The van der Waals surface area contributed by atoms with Crippen molar-refractivity contribution in [1.82, 2.24) is 10.2 Å². The molecular weight excluding hydrogens is 423 g/mol. The molecule has 11 heteroatoms. The van der Waals surface area contributed by atoms with Crippen LogP contribution in [0, 0.1) is 10.1 Å². The van der Waals surface area contributed by atoms with E-state index in [1.165, 1.54) is 12.1 Å². The number of nitrogens with zero attached hydrogens (tertiary/aromatic N) is 2. The highest BCUT2D eigenvalue weighted by molar-refractivity contribution is 6.43. The maximum Gasteiger partial charge on any atom is 0.319 e. The molecule has 0 aliphatic carbocycles. The quantitative estimate of drug-likeness (QED) is 0.309. The summed E-state index contributed by atoms with van der Waals surface area (Å²) in [6, 6.07) is 7.84. The molecule has 29 heavy (non-hydrogen) atoms. The average molecular weight is 437 g/mol. The molecule has 0 saturated carbocycles. The van der Waals surface area contributed by atoms with E-state index in [2.05, 4.69) is 10.6 Å². The number of amides is 4. The van der Waals surface area contributed by atoms with Crippen LogP contribution >= 0.6 is 23.2 Å². The highest BCUT2D eigenvalue weighted by atomic mass is 35.5. The number of rotatable bonds is 6. The number of carbonyl (C=O) groups excluding carboxylic acids is 3. The van der Waals surface area contributed by atoms with Gasteiger partial charge in [0.05, 0.1) is 31.8 Å². The molecule has 0 bridgehead atoms. The maximum atomic E-state index is 12.4. The van der Waals surface area contributed by atoms with Crippen molar-refractivity contribution in [2.45, 2.75) is 6.42 Å². The maximum absolute atomic E-state index is 12.4. The van der Waals surface area contributed by atoms with Crippen LogP contribution in [-0.4, -0.2) is 40.8 Å². The Hall–Kier alpha value is -3.17. The van der Waals surface area contributed by atoms with Crippen LogP contribution in [0.3, 0.4) is 0 Å². The van der Waals surface area contributed by atoms with Gasteiger partial charge in [-0.2, -0.15) is 0 Å². The molecule has 1 aliphatic rings. The molecule has 1 aliphatic heterocycles. The molecule has 0 fully saturated rings. The van der Waals surface area contributed by atoms with Gasteiger partial charge in [-0.1, -0.05) is 29.3 Å². The van der Waals surface area contributed by atoms with Crippen molar-refractivity contribution in [3.8, 4) is 0 Å². The third kappa shape index (κ3) is 4.30. The summed E-state index contributed by atoms with van der Waals surface area (Å²) in [6.45, 7) is 0.232. The zero-order chi connectivity index (χ0) is 21.1. The largest absolute Gasteiger partial charge is 0.338 e. The molecule has 0 unspecified atom stereocenters. The lowest BCUT2D eigenvalue weighted by molar-refractivity contribution is -0.384. The van der Waals surface area contributed by atoms with Gasteiger partial charge < -0.3 is 10.6 Å². The lowest BCUT2D eigenvalue weighted by Gasteiger charge is -2.14. The van der Waals surface area contributed by atoms with Crippen LogP contribution in [0.4, 0.5) is 16.2 Å². The number of imide groups is 1. The Morgan fingerprint density at radius 3 is 2.55 bits per heavy atom. The predicted molar refractivity (Wildman–Crippen MR) is 107 cm³/mol. The van der Waals surface area contributed by atoms with Gasteiger partial charge in [0, 0.05) is 25.2 Å². The number of hydrogen-bond acceptors (Lipinski definition) is 5. The number of hydrogen-bond donors (Lipinski definition) is 2. The number of nitro groups is 1. The average Bonchev–Trinajstić information content (AvgIpc) is 2.93. The Balaban J connectivity index is 1.52. The highest BCUT2D eigenvalue weighted by Gasteiger charge is 2.36. The van der Waals surface area contributed by atoms with E-state index in [1.807, 2.05) is 0 Å². The van der Waals surface area contributed by atoms with Gasteiger partial charge in [0.1, 0.15) is 0 Å². The lowest BCUT2D eigenvalue weighted by Crippen LogP contribution is -2.35. The minimum atomic E-state index is -0.630. The minimum absolute atomic E-state index is 0.00509. The number of anilines is 1. The van der Waals surface area contributed by atoms with E-state index >= 15 is 0 Å². The summed E-state index contributed by atoms with van der Waals surface area (Å²) in [6.07, 6.45) is 0.296. The minimum Gasteiger partial charge on any atom is -0.338 e. The molecule has 0 spiro atoms. The first kappa shape index (κ1) is 20.6. The van der Waals surface area contributed by atoms with Gasteiger partial charge in [0.25, 0.3) is 17.5 Å². The second-order valence-corrected chi connectivity index (χ2v) is 6.87. The number of benzene rings is 2. The van der Waals surface area contributed by atoms with E-state index in [0.717, 1.165) is 11.0 Å². The number of halogens is 2. The smallest absolute Gasteiger partial charge is 0.319 e. The van der Waals surface area contributed by atoms with Crippen molar-refractivity contribution in [3.05, 3.63) is 67.7 Å². The summed E-state index contributed by atoms with van der Waals surface area (Å²) in [5.74, 6) is -1.11. The van der Waals surface area contributed by atoms with Crippen molar-refractivity contribution in [2.75, 3.05) is 18.4 Å². The highest BCUT2D eigenvalue weighted by Crippen LogP contribution is 2.29. The molecule has 0 saturated heterocycles. The fraction of sp³-hybridized carbons (Fsp3) is 0.167. The monoisotopic (exact) mass is 436 g/mol. The number of urea groups is 1. The second kappa shape index (κ2) is 8.46. The Morgan fingerprint density at radius 1 is 1.10 bits per heavy atom. The molecule has 9 nitrogen and oxygen atoms in total. The Morgan fingerprint density at radius 2 is 1.83 bits per heavy atom. The summed E-state index contributed by atoms with van der Waals surface area (Å²) in [5.41, 5.74) is 0.218. The van der Waals surface area contributed by atoms with E-state index in [0.29, 0.717) is 17.1 Å². The van der Waals surface area contributed by atoms with E-state index in [9.17, 15) is 24.5 Å². The van der Waals surface area contributed by atoms with Gasteiger partial charge in [-0.15, -0.1) is 0 Å². The Labute approximate surface area is 174 Å². The molecular formula is C18H14Cl2N4O5. The molecule has 3 rings (SSSR count). The molecule has 0 aromatic heterocycles. The summed E-state index contributed by atoms with van der Waals surface area (Å²) in [4.78, 5) is 47.9.